The Bertz CT molecular complexity index is 552. The first-order valence-corrected chi connectivity index (χ1v) is 9.18. The van der Waals surface area contributed by atoms with Gasteiger partial charge in [0.2, 0.25) is 0 Å². The normalized spacial score (nSPS) is 19.6. The minimum Gasteiger partial charge on any atom is -0.481 e. The van der Waals surface area contributed by atoms with Crippen LogP contribution in [0.2, 0.25) is 0 Å². The third-order valence-electron chi connectivity index (χ3n) is 4.75. The molecule has 0 unspecified atom stereocenters. The highest BCUT2D eigenvalue weighted by atomic mass is 16.5. The fourth-order valence-electron chi connectivity index (χ4n) is 3.42. The highest BCUT2D eigenvalue weighted by Gasteiger charge is 2.39. The number of benzene rings is 1. The lowest BCUT2D eigenvalue weighted by Gasteiger charge is -2.30. The fraction of sp³-hybridized carbons (Fsp3) is 0.600. The molecule has 1 N–H and O–H groups in total. The Kier molecular flexibility index (Phi) is 7.29. The van der Waals surface area contributed by atoms with Gasteiger partial charge >= 0.3 is 11.9 Å². The second kappa shape index (κ2) is 9.45. The number of carboxylic acids is 1. The van der Waals surface area contributed by atoms with E-state index in [0.29, 0.717) is 17.5 Å². The summed E-state index contributed by atoms with van der Waals surface area (Å²) in [7, 11) is 0. The van der Waals surface area contributed by atoms with Crippen LogP contribution in [0.4, 0.5) is 0 Å². The molecule has 1 heterocycles. The molecule has 0 spiro atoms. The molecule has 0 saturated heterocycles. The van der Waals surface area contributed by atoms with Gasteiger partial charge in [-0.1, -0.05) is 70.1 Å². The molecule has 0 aliphatic carbocycles. The van der Waals surface area contributed by atoms with Crippen molar-refractivity contribution in [3.63, 3.8) is 0 Å². The number of hydrogen-bond donors (Lipinski definition) is 1. The number of carboxylic acid groups (broad SMARTS) is 1. The summed E-state index contributed by atoms with van der Waals surface area (Å²) in [5.41, 5.74) is 0.975. The molecule has 0 saturated carbocycles. The van der Waals surface area contributed by atoms with Gasteiger partial charge in [-0.25, -0.2) is 4.79 Å². The van der Waals surface area contributed by atoms with Crippen LogP contribution in [0.5, 0.6) is 0 Å². The van der Waals surface area contributed by atoms with Crippen molar-refractivity contribution < 1.29 is 19.4 Å². The van der Waals surface area contributed by atoms with Gasteiger partial charge in [-0.05, 0) is 24.5 Å². The molecule has 0 radical (unpaired) electrons. The summed E-state index contributed by atoms with van der Waals surface area (Å²) in [6.45, 7) is 2.21. The van der Waals surface area contributed by atoms with E-state index in [2.05, 4.69) is 6.92 Å². The summed E-state index contributed by atoms with van der Waals surface area (Å²) < 4.78 is 5.43. The lowest BCUT2D eigenvalue weighted by atomic mass is 9.85. The molecule has 132 valence electrons. The zero-order valence-electron chi connectivity index (χ0n) is 14.5. The van der Waals surface area contributed by atoms with E-state index in [0.717, 1.165) is 12.8 Å². The van der Waals surface area contributed by atoms with E-state index in [9.17, 15) is 14.7 Å². The van der Waals surface area contributed by atoms with Crippen molar-refractivity contribution in [2.45, 2.75) is 76.7 Å². The number of unbranched alkanes of at least 4 members (excludes halogenated alkanes) is 7. The van der Waals surface area contributed by atoms with Crippen molar-refractivity contribution in [2.24, 2.45) is 0 Å². The topological polar surface area (TPSA) is 63.6 Å². The molecule has 0 bridgehead atoms. The van der Waals surface area contributed by atoms with E-state index < -0.39 is 24.0 Å². The Hall–Kier alpha value is -1.84. The molecular weight excluding hydrogens is 304 g/mol. The first-order valence-electron chi connectivity index (χ1n) is 9.18. The van der Waals surface area contributed by atoms with Crippen LogP contribution in [0.25, 0.3) is 0 Å². The average Bonchev–Trinajstić information content (AvgIpc) is 2.57. The summed E-state index contributed by atoms with van der Waals surface area (Å²) in [5.74, 6) is -2.06. The molecule has 0 amide bonds. The Labute approximate surface area is 144 Å². The Morgan fingerprint density at radius 1 is 1.04 bits per heavy atom. The van der Waals surface area contributed by atoms with Crippen molar-refractivity contribution in [3.8, 4) is 0 Å². The molecule has 4 nitrogen and oxygen atoms in total. The largest absolute Gasteiger partial charge is 0.481 e. The van der Waals surface area contributed by atoms with Crippen LogP contribution in [0.15, 0.2) is 24.3 Å². The van der Waals surface area contributed by atoms with E-state index in [1.807, 2.05) is 0 Å². The van der Waals surface area contributed by atoms with Crippen LogP contribution < -0.4 is 0 Å². The van der Waals surface area contributed by atoms with Crippen molar-refractivity contribution in [1.29, 1.82) is 0 Å². The van der Waals surface area contributed by atoms with Crippen LogP contribution in [0.3, 0.4) is 0 Å². The highest BCUT2D eigenvalue weighted by Crippen LogP contribution is 2.34. The van der Waals surface area contributed by atoms with E-state index >= 15 is 0 Å². The number of aliphatic carboxylic acids is 1. The first kappa shape index (κ1) is 18.5. The SMILES string of the molecule is CCCCCCCCCC[C@@H]1OC(=O)c2ccccc2[C@H]1C(=O)O. The molecule has 1 aromatic carbocycles. The van der Waals surface area contributed by atoms with Gasteiger partial charge in [-0.2, -0.15) is 0 Å². The van der Waals surface area contributed by atoms with Gasteiger partial charge in [0, 0.05) is 0 Å². The number of carbonyl (C=O) groups excluding carboxylic acids is 1. The van der Waals surface area contributed by atoms with Crippen LogP contribution >= 0.6 is 0 Å². The number of carbonyl (C=O) groups is 2. The average molecular weight is 332 g/mol. The van der Waals surface area contributed by atoms with Gasteiger partial charge < -0.3 is 9.84 Å². The van der Waals surface area contributed by atoms with Gasteiger partial charge in [-0.15, -0.1) is 0 Å². The lowest BCUT2D eigenvalue weighted by Crippen LogP contribution is -2.36. The van der Waals surface area contributed by atoms with Crippen molar-refractivity contribution >= 4 is 11.9 Å². The van der Waals surface area contributed by atoms with E-state index in [-0.39, 0.29) is 0 Å². The minimum absolute atomic E-state index is 0.386. The lowest BCUT2D eigenvalue weighted by molar-refractivity contribution is -0.142. The number of cyclic esters (lactones) is 1. The van der Waals surface area contributed by atoms with E-state index in [1.165, 1.54) is 38.5 Å². The summed E-state index contributed by atoms with van der Waals surface area (Å²) in [5, 5.41) is 9.57. The molecule has 1 aliphatic heterocycles. The fourth-order valence-corrected chi connectivity index (χ4v) is 3.42. The third kappa shape index (κ3) is 4.83. The molecule has 4 heteroatoms. The highest BCUT2D eigenvalue weighted by molar-refractivity contribution is 5.95. The van der Waals surface area contributed by atoms with Crippen molar-refractivity contribution in [2.75, 3.05) is 0 Å². The zero-order valence-corrected chi connectivity index (χ0v) is 14.5. The molecule has 2 rings (SSSR count). The molecule has 1 aromatic rings. The van der Waals surface area contributed by atoms with Crippen LogP contribution in [0, 0.1) is 0 Å². The molecule has 0 fully saturated rings. The predicted molar refractivity (Wildman–Crippen MR) is 93.2 cm³/mol. The molecule has 1 aliphatic rings. The van der Waals surface area contributed by atoms with Crippen molar-refractivity contribution in [3.05, 3.63) is 35.4 Å². The maximum absolute atomic E-state index is 12.1. The van der Waals surface area contributed by atoms with Gasteiger partial charge in [0.05, 0.1) is 5.56 Å². The smallest absolute Gasteiger partial charge is 0.338 e. The van der Waals surface area contributed by atoms with Gasteiger partial charge in [0.25, 0.3) is 0 Å². The Morgan fingerprint density at radius 2 is 1.67 bits per heavy atom. The van der Waals surface area contributed by atoms with Crippen LogP contribution in [0.1, 0.15) is 86.6 Å². The summed E-state index contributed by atoms with van der Waals surface area (Å²) in [4.78, 5) is 23.8. The van der Waals surface area contributed by atoms with Gasteiger partial charge in [-0.3, -0.25) is 4.79 Å². The maximum atomic E-state index is 12.1. The maximum Gasteiger partial charge on any atom is 0.338 e. The number of hydrogen-bond acceptors (Lipinski definition) is 3. The quantitative estimate of drug-likeness (QED) is 0.487. The minimum atomic E-state index is -0.917. The van der Waals surface area contributed by atoms with E-state index in [4.69, 9.17) is 4.74 Å². The van der Waals surface area contributed by atoms with Gasteiger partial charge in [0.1, 0.15) is 12.0 Å². The van der Waals surface area contributed by atoms with Gasteiger partial charge in [0.15, 0.2) is 0 Å². The monoisotopic (exact) mass is 332 g/mol. The number of ether oxygens (including phenoxy) is 1. The number of esters is 1. The molecule has 24 heavy (non-hydrogen) atoms. The standard InChI is InChI=1S/C20H28O4/c1-2-3-4-5-6-7-8-9-14-17-18(19(21)22)15-12-10-11-13-16(15)20(23)24-17/h10-13,17-18H,2-9,14H2,1H3,(H,21,22)/t17-,18+/m0/s1. The third-order valence-corrected chi connectivity index (χ3v) is 4.75. The predicted octanol–water partition coefficient (Wildman–Crippen LogP) is 4.92. The van der Waals surface area contributed by atoms with Crippen molar-refractivity contribution in [1.82, 2.24) is 0 Å². The molecule has 0 aromatic heterocycles. The summed E-state index contributed by atoms with van der Waals surface area (Å²) in [6.07, 6.45) is 9.56. The Balaban J connectivity index is 1.84. The van der Waals surface area contributed by atoms with Crippen LogP contribution in [-0.2, 0) is 9.53 Å². The summed E-state index contributed by atoms with van der Waals surface area (Å²) >= 11 is 0. The van der Waals surface area contributed by atoms with Crippen LogP contribution in [-0.4, -0.2) is 23.1 Å². The molecular formula is C20H28O4. The molecule has 2 atom stereocenters. The Morgan fingerprint density at radius 3 is 2.33 bits per heavy atom. The number of rotatable bonds is 10. The number of fused-ring (bicyclic) bond motifs is 1. The van der Waals surface area contributed by atoms with E-state index in [1.54, 1.807) is 24.3 Å². The first-order chi connectivity index (χ1) is 11.6. The summed E-state index contributed by atoms with van der Waals surface area (Å²) in [6, 6.07) is 6.88. The second-order valence-corrected chi connectivity index (χ2v) is 6.61. The second-order valence-electron chi connectivity index (χ2n) is 6.61. The zero-order chi connectivity index (χ0) is 17.4.